The molecular formula is C37H44FN7O4. The van der Waals surface area contributed by atoms with Crippen LogP contribution in [-0.2, 0) is 4.74 Å². The summed E-state index contributed by atoms with van der Waals surface area (Å²) in [6.07, 6.45) is 2.23. The van der Waals surface area contributed by atoms with Crippen molar-refractivity contribution in [3.63, 3.8) is 0 Å². The number of benzene rings is 3. The second kappa shape index (κ2) is 16.1. The first-order valence-electron chi connectivity index (χ1n) is 16.8. The standard InChI is InChI=1S/C37H44FN7O4/c1-26-7-4-8-27(2)34(26)41-35(46)31-25-39-37(42-36(31)49-30-10-5-9-29(24-30)45-18-21-47-22-19-45)40-28-11-12-33(32(38)23-28)48-20-6-13-44-16-14-43(3)15-17-44/h4-5,7-12,23-25H,6,13-22H2,1-3H3,(H,41,46)(H,39,40,42). The number of anilines is 4. The molecule has 2 aliphatic heterocycles. The lowest BCUT2D eigenvalue weighted by Crippen LogP contribution is -2.44. The summed E-state index contributed by atoms with van der Waals surface area (Å²) in [7, 11) is 2.13. The Kier molecular flexibility index (Phi) is 11.2. The number of hydrogen-bond donors (Lipinski definition) is 2. The molecule has 4 aromatic rings. The van der Waals surface area contributed by atoms with E-state index in [4.69, 9.17) is 14.2 Å². The van der Waals surface area contributed by atoms with Crippen molar-refractivity contribution in [2.24, 2.45) is 0 Å². The fourth-order valence-electron chi connectivity index (χ4n) is 5.90. The third kappa shape index (κ3) is 9.02. The van der Waals surface area contributed by atoms with Gasteiger partial charge in [-0.15, -0.1) is 0 Å². The maximum absolute atomic E-state index is 15.1. The van der Waals surface area contributed by atoms with Gasteiger partial charge in [0.15, 0.2) is 11.6 Å². The van der Waals surface area contributed by atoms with Crippen LogP contribution in [0, 0.1) is 19.7 Å². The molecule has 2 fully saturated rings. The molecule has 2 aliphatic rings. The number of para-hydroxylation sites is 1. The number of likely N-dealkylation sites (N-methyl/N-ethyl adjacent to an activating group) is 1. The van der Waals surface area contributed by atoms with Gasteiger partial charge in [0, 0.05) is 81.2 Å². The molecule has 12 heteroatoms. The highest BCUT2D eigenvalue weighted by Crippen LogP contribution is 2.31. The zero-order valence-corrected chi connectivity index (χ0v) is 28.4. The van der Waals surface area contributed by atoms with E-state index in [-0.39, 0.29) is 23.1 Å². The van der Waals surface area contributed by atoms with Crippen LogP contribution in [0.1, 0.15) is 27.9 Å². The van der Waals surface area contributed by atoms with Gasteiger partial charge in [0.05, 0.1) is 19.8 Å². The molecule has 3 aromatic carbocycles. The molecule has 0 saturated carbocycles. The lowest BCUT2D eigenvalue weighted by Gasteiger charge is -2.32. The van der Waals surface area contributed by atoms with Crippen LogP contribution in [0.25, 0.3) is 0 Å². The number of halogens is 1. The molecule has 0 spiro atoms. The average molecular weight is 670 g/mol. The smallest absolute Gasteiger partial charge is 0.262 e. The molecule has 0 radical (unpaired) electrons. The summed E-state index contributed by atoms with van der Waals surface area (Å²) < 4.78 is 32.6. The number of aromatic nitrogens is 2. The molecule has 2 saturated heterocycles. The highest BCUT2D eigenvalue weighted by molar-refractivity contribution is 6.06. The fourth-order valence-corrected chi connectivity index (χ4v) is 5.90. The summed E-state index contributed by atoms with van der Waals surface area (Å²) in [5.74, 6) is -0.0131. The van der Waals surface area contributed by atoms with E-state index in [1.165, 1.54) is 12.3 Å². The van der Waals surface area contributed by atoms with Crippen molar-refractivity contribution in [2.45, 2.75) is 20.3 Å². The normalized spacial score (nSPS) is 15.6. The summed E-state index contributed by atoms with van der Waals surface area (Å²) in [6, 6.07) is 18.1. The van der Waals surface area contributed by atoms with Gasteiger partial charge >= 0.3 is 0 Å². The van der Waals surface area contributed by atoms with E-state index in [1.807, 2.05) is 56.3 Å². The van der Waals surface area contributed by atoms with E-state index in [0.717, 1.165) is 69.0 Å². The van der Waals surface area contributed by atoms with Crippen LogP contribution in [0.5, 0.6) is 17.4 Å². The molecule has 1 amide bonds. The second-order valence-corrected chi connectivity index (χ2v) is 12.4. The van der Waals surface area contributed by atoms with Crippen LogP contribution >= 0.6 is 0 Å². The van der Waals surface area contributed by atoms with Crippen molar-refractivity contribution in [3.8, 4) is 17.4 Å². The number of hydrogen-bond acceptors (Lipinski definition) is 10. The lowest BCUT2D eigenvalue weighted by molar-refractivity contribution is 0.102. The number of amides is 1. The zero-order valence-electron chi connectivity index (χ0n) is 28.4. The van der Waals surface area contributed by atoms with Gasteiger partial charge in [-0.05, 0) is 62.7 Å². The van der Waals surface area contributed by atoms with Crippen molar-refractivity contribution in [3.05, 3.63) is 89.4 Å². The molecule has 0 atom stereocenters. The van der Waals surface area contributed by atoms with E-state index in [9.17, 15) is 4.79 Å². The molecule has 0 aliphatic carbocycles. The molecule has 0 unspecified atom stereocenters. The van der Waals surface area contributed by atoms with Gasteiger partial charge in [0.1, 0.15) is 11.3 Å². The minimum Gasteiger partial charge on any atom is -0.490 e. The van der Waals surface area contributed by atoms with Gasteiger partial charge in [0.25, 0.3) is 5.91 Å². The molecule has 6 rings (SSSR count). The lowest BCUT2D eigenvalue weighted by atomic mass is 10.1. The Bertz CT molecular complexity index is 1720. The van der Waals surface area contributed by atoms with Crippen molar-refractivity contribution in [1.29, 1.82) is 0 Å². The van der Waals surface area contributed by atoms with Gasteiger partial charge in [0.2, 0.25) is 11.8 Å². The molecular weight excluding hydrogens is 625 g/mol. The minimum atomic E-state index is -0.495. The van der Waals surface area contributed by atoms with Crippen LogP contribution in [0.15, 0.2) is 66.9 Å². The molecule has 0 bridgehead atoms. The first-order chi connectivity index (χ1) is 23.8. The monoisotopic (exact) mass is 669 g/mol. The number of carbonyl (C=O) groups is 1. The maximum atomic E-state index is 15.1. The van der Waals surface area contributed by atoms with Gasteiger partial charge in [-0.3, -0.25) is 4.79 Å². The number of morpholine rings is 1. The first kappa shape index (κ1) is 34.1. The van der Waals surface area contributed by atoms with E-state index in [0.29, 0.717) is 36.9 Å². The summed E-state index contributed by atoms with van der Waals surface area (Å²) >= 11 is 0. The predicted octanol–water partition coefficient (Wildman–Crippen LogP) is 5.87. The Labute approximate surface area is 287 Å². The van der Waals surface area contributed by atoms with E-state index in [2.05, 4.69) is 42.3 Å². The van der Waals surface area contributed by atoms with Crippen molar-refractivity contribution >= 4 is 28.9 Å². The first-order valence-corrected chi connectivity index (χ1v) is 16.8. The summed E-state index contributed by atoms with van der Waals surface area (Å²) in [5, 5.41) is 6.05. The third-order valence-electron chi connectivity index (χ3n) is 8.79. The van der Waals surface area contributed by atoms with Crippen molar-refractivity contribution in [1.82, 2.24) is 19.8 Å². The number of nitrogens with zero attached hydrogens (tertiary/aromatic N) is 5. The summed E-state index contributed by atoms with van der Waals surface area (Å²) in [4.78, 5) is 29.5. The van der Waals surface area contributed by atoms with Crippen LogP contribution in [-0.4, -0.2) is 98.4 Å². The molecule has 11 nitrogen and oxygen atoms in total. The van der Waals surface area contributed by atoms with Gasteiger partial charge in [-0.25, -0.2) is 9.37 Å². The highest BCUT2D eigenvalue weighted by Gasteiger charge is 2.20. The van der Waals surface area contributed by atoms with Crippen LogP contribution in [0.3, 0.4) is 0 Å². The maximum Gasteiger partial charge on any atom is 0.262 e. The van der Waals surface area contributed by atoms with E-state index in [1.54, 1.807) is 12.1 Å². The molecule has 49 heavy (non-hydrogen) atoms. The SMILES string of the molecule is Cc1cccc(C)c1NC(=O)c1cnc(Nc2ccc(OCCCN3CCN(C)CC3)c(F)c2)nc1Oc1cccc(N2CCOCC2)c1. The number of aryl methyl sites for hydroxylation is 2. The van der Waals surface area contributed by atoms with Gasteiger partial charge in [-0.2, -0.15) is 4.98 Å². The number of piperazine rings is 1. The van der Waals surface area contributed by atoms with Crippen LogP contribution in [0.4, 0.5) is 27.4 Å². The largest absolute Gasteiger partial charge is 0.490 e. The quantitative estimate of drug-likeness (QED) is 0.178. The van der Waals surface area contributed by atoms with E-state index >= 15 is 4.39 Å². The fraction of sp³-hybridized carbons (Fsp3) is 0.378. The second-order valence-electron chi connectivity index (χ2n) is 12.4. The topological polar surface area (TPSA) is 104 Å². The third-order valence-corrected chi connectivity index (χ3v) is 8.79. The van der Waals surface area contributed by atoms with Gasteiger partial charge in [-0.1, -0.05) is 24.3 Å². The molecule has 3 heterocycles. The highest BCUT2D eigenvalue weighted by atomic mass is 19.1. The summed E-state index contributed by atoms with van der Waals surface area (Å²) in [5.41, 5.74) is 4.13. The number of ether oxygens (including phenoxy) is 3. The predicted molar refractivity (Wildman–Crippen MR) is 189 cm³/mol. The average Bonchev–Trinajstić information content (AvgIpc) is 3.10. The number of carbonyl (C=O) groups excluding carboxylic acids is 1. The zero-order chi connectivity index (χ0) is 34.2. The van der Waals surface area contributed by atoms with E-state index < -0.39 is 11.7 Å². The molecule has 258 valence electrons. The van der Waals surface area contributed by atoms with Crippen LogP contribution in [0.2, 0.25) is 0 Å². The van der Waals surface area contributed by atoms with Crippen molar-refractivity contribution in [2.75, 3.05) is 88.2 Å². The summed E-state index contributed by atoms with van der Waals surface area (Å²) in [6.45, 7) is 12.3. The van der Waals surface area contributed by atoms with Gasteiger partial charge < -0.3 is 39.5 Å². The molecule has 2 N–H and O–H groups in total. The Balaban J connectivity index is 1.17. The minimum absolute atomic E-state index is 0.0566. The Hall–Kier alpha value is -4.78. The Morgan fingerprint density at radius 2 is 1.71 bits per heavy atom. The van der Waals surface area contributed by atoms with Crippen LogP contribution < -0.4 is 25.0 Å². The van der Waals surface area contributed by atoms with Crippen molar-refractivity contribution < 1.29 is 23.4 Å². The Morgan fingerprint density at radius 1 is 0.959 bits per heavy atom. The Morgan fingerprint density at radius 3 is 2.47 bits per heavy atom. The number of rotatable bonds is 12. The number of nitrogens with one attached hydrogen (secondary N) is 2. The molecule has 1 aromatic heterocycles.